The number of likely N-dealkylation sites (tertiary alicyclic amines) is 1. The average Bonchev–Trinajstić information content (AvgIpc) is 2.63. The van der Waals surface area contributed by atoms with Crippen LogP contribution in [0.2, 0.25) is 0 Å². The molecular formula is C19H26N4O2. The van der Waals surface area contributed by atoms with Crippen LogP contribution in [0.15, 0.2) is 29.1 Å². The minimum atomic E-state index is -0.132. The molecule has 1 aliphatic rings. The molecule has 3 rings (SSSR count). The molecule has 1 unspecified atom stereocenters. The number of hydrogen-bond donors (Lipinski definition) is 1. The Morgan fingerprint density at radius 1 is 1.32 bits per heavy atom. The topological polar surface area (TPSA) is 67.2 Å². The maximum atomic E-state index is 13.1. The molecule has 2 aromatic rings. The molecule has 0 aliphatic carbocycles. The number of likely N-dealkylation sites (N-methyl/N-ethyl adjacent to an activating group) is 1. The van der Waals surface area contributed by atoms with Crippen molar-refractivity contribution in [1.29, 1.82) is 0 Å². The Balaban J connectivity index is 2.06. The summed E-state index contributed by atoms with van der Waals surface area (Å²) in [4.78, 5) is 27.7. The normalized spacial score (nSPS) is 18.1. The van der Waals surface area contributed by atoms with Crippen molar-refractivity contribution in [3.05, 3.63) is 40.3 Å². The minimum Gasteiger partial charge on any atom is -0.336 e. The maximum absolute atomic E-state index is 13.1. The second-order valence-electron chi connectivity index (χ2n) is 7.15. The van der Waals surface area contributed by atoms with E-state index >= 15 is 0 Å². The lowest BCUT2D eigenvalue weighted by Crippen LogP contribution is -2.47. The smallest absolute Gasteiger partial charge is 0.275 e. The third-order valence-electron chi connectivity index (χ3n) is 4.73. The van der Waals surface area contributed by atoms with E-state index in [0.717, 1.165) is 19.4 Å². The molecule has 1 amide bonds. The molecule has 0 radical (unpaired) electrons. The lowest BCUT2D eigenvalue weighted by atomic mass is 10.0. The van der Waals surface area contributed by atoms with Crippen molar-refractivity contribution in [3.8, 4) is 0 Å². The number of benzene rings is 1. The highest BCUT2D eigenvalue weighted by Crippen LogP contribution is 2.18. The first-order valence-electron chi connectivity index (χ1n) is 8.97. The van der Waals surface area contributed by atoms with Gasteiger partial charge < -0.3 is 10.2 Å². The van der Waals surface area contributed by atoms with Crippen LogP contribution < -0.4 is 10.9 Å². The summed E-state index contributed by atoms with van der Waals surface area (Å²) in [5, 5.41) is 8.92. The van der Waals surface area contributed by atoms with Crippen LogP contribution >= 0.6 is 0 Å². The molecule has 2 heterocycles. The Kier molecular flexibility index (Phi) is 5.18. The van der Waals surface area contributed by atoms with Crippen molar-refractivity contribution in [1.82, 2.24) is 20.0 Å². The summed E-state index contributed by atoms with van der Waals surface area (Å²) < 4.78 is 1.44. The summed E-state index contributed by atoms with van der Waals surface area (Å²) in [6, 6.07) is 7.58. The second-order valence-corrected chi connectivity index (χ2v) is 7.15. The van der Waals surface area contributed by atoms with Crippen molar-refractivity contribution in [2.45, 2.75) is 39.3 Å². The lowest BCUT2D eigenvalue weighted by Gasteiger charge is -2.32. The highest BCUT2D eigenvalue weighted by Gasteiger charge is 2.26. The number of fused-ring (bicyclic) bond motifs is 1. The number of aromatic nitrogens is 2. The Morgan fingerprint density at radius 3 is 2.72 bits per heavy atom. The van der Waals surface area contributed by atoms with Crippen molar-refractivity contribution in [2.75, 3.05) is 20.1 Å². The fourth-order valence-electron chi connectivity index (χ4n) is 3.41. The van der Waals surface area contributed by atoms with Gasteiger partial charge in [-0.15, -0.1) is 0 Å². The van der Waals surface area contributed by atoms with Crippen molar-refractivity contribution in [3.63, 3.8) is 0 Å². The highest BCUT2D eigenvalue weighted by atomic mass is 16.2. The van der Waals surface area contributed by atoms with Gasteiger partial charge in [0.15, 0.2) is 5.69 Å². The van der Waals surface area contributed by atoms with Gasteiger partial charge in [-0.2, -0.15) is 5.10 Å². The number of piperidine rings is 1. The summed E-state index contributed by atoms with van der Waals surface area (Å²) in [6.07, 6.45) is 2.04. The van der Waals surface area contributed by atoms with Gasteiger partial charge >= 0.3 is 0 Å². The van der Waals surface area contributed by atoms with Crippen LogP contribution in [-0.4, -0.2) is 46.8 Å². The van der Waals surface area contributed by atoms with E-state index < -0.39 is 0 Å². The van der Waals surface area contributed by atoms with Gasteiger partial charge in [-0.25, -0.2) is 4.68 Å². The number of carbonyl (C=O) groups excluding carboxylic acids is 1. The second kappa shape index (κ2) is 7.35. The zero-order chi connectivity index (χ0) is 18.0. The van der Waals surface area contributed by atoms with Crippen LogP contribution in [0.3, 0.4) is 0 Å². The summed E-state index contributed by atoms with van der Waals surface area (Å²) >= 11 is 0. The van der Waals surface area contributed by atoms with Crippen LogP contribution in [0.1, 0.15) is 37.2 Å². The van der Waals surface area contributed by atoms with E-state index in [9.17, 15) is 9.59 Å². The predicted molar refractivity (Wildman–Crippen MR) is 98.8 cm³/mol. The number of nitrogens with zero attached hydrogens (tertiary/aromatic N) is 3. The summed E-state index contributed by atoms with van der Waals surface area (Å²) in [5.74, 6) is 0.187. The van der Waals surface area contributed by atoms with E-state index in [-0.39, 0.29) is 17.4 Å². The van der Waals surface area contributed by atoms with Crippen LogP contribution in [-0.2, 0) is 6.54 Å². The summed E-state index contributed by atoms with van der Waals surface area (Å²) in [7, 11) is 1.93. The molecule has 6 nitrogen and oxygen atoms in total. The van der Waals surface area contributed by atoms with Crippen LogP contribution in [0.5, 0.6) is 0 Å². The van der Waals surface area contributed by atoms with Crippen LogP contribution in [0, 0.1) is 5.92 Å². The molecule has 1 saturated heterocycles. The number of carbonyl (C=O) groups is 1. The van der Waals surface area contributed by atoms with E-state index in [1.807, 2.05) is 44.0 Å². The van der Waals surface area contributed by atoms with E-state index in [0.29, 0.717) is 35.6 Å². The third kappa shape index (κ3) is 3.58. The molecular weight excluding hydrogens is 316 g/mol. The highest BCUT2D eigenvalue weighted by molar-refractivity contribution is 6.04. The molecule has 0 saturated carbocycles. The van der Waals surface area contributed by atoms with Gasteiger partial charge in [0.1, 0.15) is 0 Å². The Labute approximate surface area is 147 Å². The molecule has 1 atom stereocenters. The van der Waals surface area contributed by atoms with Gasteiger partial charge in [0.25, 0.3) is 11.5 Å². The van der Waals surface area contributed by atoms with Crippen LogP contribution in [0.25, 0.3) is 10.8 Å². The molecule has 1 fully saturated rings. The van der Waals surface area contributed by atoms with Gasteiger partial charge in [-0.1, -0.05) is 32.0 Å². The minimum absolute atomic E-state index is 0.0892. The molecule has 1 N–H and O–H groups in total. The van der Waals surface area contributed by atoms with Crippen LogP contribution in [0.4, 0.5) is 0 Å². The fourth-order valence-corrected chi connectivity index (χ4v) is 3.41. The molecule has 6 heteroatoms. The van der Waals surface area contributed by atoms with Crippen molar-refractivity contribution < 1.29 is 4.79 Å². The maximum Gasteiger partial charge on any atom is 0.275 e. The Bertz CT molecular complexity index is 828. The zero-order valence-corrected chi connectivity index (χ0v) is 15.2. The van der Waals surface area contributed by atoms with Gasteiger partial charge in [0, 0.05) is 31.1 Å². The monoisotopic (exact) mass is 342 g/mol. The fraction of sp³-hybridized carbons (Fsp3) is 0.526. The Hall–Kier alpha value is -2.21. The van der Waals surface area contributed by atoms with E-state index in [4.69, 9.17) is 0 Å². The molecule has 1 aromatic carbocycles. The van der Waals surface area contributed by atoms with E-state index in [2.05, 4.69) is 10.4 Å². The molecule has 0 spiro atoms. The molecule has 1 aromatic heterocycles. The quantitative estimate of drug-likeness (QED) is 0.921. The van der Waals surface area contributed by atoms with Crippen molar-refractivity contribution >= 4 is 16.7 Å². The zero-order valence-electron chi connectivity index (χ0n) is 15.2. The number of rotatable bonds is 4. The third-order valence-corrected chi connectivity index (χ3v) is 4.73. The van der Waals surface area contributed by atoms with Gasteiger partial charge in [-0.05, 0) is 31.9 Å². The number of hydrogen-bond acceptors (Lipinski definition) is 4. The first-order valence-corrected chi connectivity index (χ1v) is 8.97. The molecule has 1 aliphatic heterocycles. The Morgan fingerprint density at radius 2 is 2.04 bits per heavy atom. The molecule has 134 valence electrons. The molecule has 0 bridgehead atoms. The van der Waals surface area contributed by atoms with Crippen molar-refractivity contribution in [2.24, 2.45) is 5.92 Å². The standard InChI is InChI=1S/C19H26N4O2/c1-13(2)11-23-18(24)16-9-5-4-8-15(16)17(21-23)19(25)22-10-6-7-14(12-22)20-3/h4-5,8-9,13-14,20H,6-7,10-12H2,1-3H3. The lowest BCUT2D eigenvalue weighted by molar-refractivity contribution is 0.0691. The van der Waals surface area contributed by atoms with E-state index in [1.165, 1.54) is 4.68 Å². The predicted octanol–water partition coefficient (Wildman–Crippen LogP) is 1.88. The van der Waals surface area contributed by atoms with E-state index in [1.54, 1.807) is 6.07 Å². The number of nitrogens with one attached hydrogen (secondary N) is 1. The van der Waals surface area contributed by atoms with Gasteiger partial charge in [0.2, 0.25) is 0 Å². The number of amides is 1. The van der Waals surface area contributed by atoms with Gasteiger partial charge in [-0.3, -0.25) is 9.59 Å². The van der Waals surface area contributed by atoms with Gasteiger partial charge in [0.05, 0.1) is 5.39 Å². The average molecular weight is 342 g/mol. The summed E-state index contributed by atoms with van der Waals surface area (Å²) in [5.41, 5.74) is 0.250. The molecule has 25 heavy (non-hydrogen) atoms. The SMILES string of the molecule is CNC1CCCN(C(=O)c2nn(CC(C)C)c(=O)c3ccccc23)C1. The first kappa shape index (κ1) is 17.6. The largest absolute Gasteiger partial charge is 0.336 e. The summed E-state index contributed by atoms with van der Waals surface area (Å²) in [6.45, 7) is 5.98. The first-order chi connectivity index (χ1) is 12.0.